The highest BCUT2D eigenvalue weighted by atomic mass is 14.4. The molecule has 62 valence electrons. The topological polar surface area (TPSA) is 0 Å². The van der Waals surface area contributed by atoms with Gasteiger partial charge in [-0.3, -0.25) is 0 Å². The van der Waals surface area contributed by atoms with Gasteiger partial charge in [0.1, 0.15) is 0 Å². The van der Waals surface area contributed by atoms with E-state index in [2.05, 4.69) is 36.5 Å². The van der Waals surface area contributed by atoms with E-state index in [0.29, 0.717) is 0 Å². The summed E-state index contributed by atoms with van der Waals surface area (Å²) < 4.78 is 0. The zero-order valence-electron chi connectivity index (χ0n) is 7.19. The molecule has 0 unspecified atom stereocenters. The first-order valence-corrected chi connectivity index (χ1v) is 4.98. The summed E-state index contributed by atoms with van der Waals surface area (Å²) in [5.74, 6) is 3.36. The van der Waals surface area contributed by atoms with Crippen molar-refractivity contribution in [3.63, 3.8) is 0 Å². The smallest absolute Gasteiger partial charge is 0.00987 e. The molecule has 0 aromatic heterocycles. The standard InChI is InChI=1S/C12H14/c1-2-4-12-10-7-5-9(6-8-10)11(12)3-1/h1-5,7,9-12H,6,8H2/t9-,10+,11-,12+. The molecule has 0 aromatic carbocycles. The lowest BCUT2D eigenvalue weighted by molar-refractivity contribution is 0.196. The Bertz CT molecular complexity index is 242. The fourth-order valence-electron chi connectivity index (χ4n) is 3.00. The molecule has 0 aromatic rings. The van der Waals surface area contributed by atoms with E-state index in [4.69, 9.17) is 0 Å². The summed E-state index contributed by atoms with van der Waals surface area (Å²) in [6.07, 6.45) is 17.0. The van der Waals surface area contributed by atoms with Crippen LogP contribution in [0.3, 0.4) is 0 Å². The van der Waals surface area contributed by atoms with Crippen LogP contribution in [0.4, 0.5) is 0 Å². The molecule has 0 amide bonds. The maximum absolute atomic E-state index is 2.44. The van der Waals surface area contributed by atoms with E-state index in [0.717, 1.165) is 23.7 Å². The summed E-state index contributed by atoms with van der Waals surface area (Å²) in [4.78, 5) is 0. The molecule has 4 atom stereocenters. The molecule has 1 saturated carbocycles. The lowest BCUT2D eigenvalue weighted by atomic mass is 9.61. The van der Waals surface area contributed by atoms with Crippen LogP contribution in [0.25, 0.3) is 0 Å². The van der Waals surface area contributed by atoms with Crippen molar-refractivity contribution in [1.29, 1.82) is 0 Å². The third-order valence-electron chi connectivity index (χ3n) is 3.65. The van der Waals surface area contributed by atoms with Crippen molar-refractivity contribution >= 4 is 0 Å². The molecular formula is C12H14. The van der Waals surface area contributed by atoms with Gasteiger partial charge < -0.3 is 0 Å². The van der Waals surface area contributed by atoms with E-state index >= 15 is 0 Å². The average molecular weight is 158 g/mol. The Morgan fingerprint density at radius 3 is 1.58 bits per heavy atom. The maximum Gasteiger partial charge on any atom is -0.00987 e. The second-order valence-corrected chi connectivity index (χ2v) is 4.21. The van der Waals surface area contributed by atoms with Gasteiger partial charge in [0.15, 0.2) is 0 Å². The SMILES string of the molecule is C1=C[C@@H]2[C@H](C=C1)[C@@H]1C=C[C@H]2CC1. The highest BCUT2D eigenvalue weighted by Gasteiger charge is 2.38. The number of fused-ring (bicyclic) bond motifs is 1. The predicted molar refractivity (Wildman–Crippen MR) is 50.6 cm³/mol. The molecule has 0 spiro atoms. The zero-order chi connectivity index (χ0) is 7.97. The quantitative estimate of drug-likeness (QED) is 0.475. The van der Waals surface area contributed by atoms with Crippen LogP contribution in [-0.4, -0.2) is 0 Å². The Labute approximate surface area is 73.7 Å². The maximum atomic E-state index is 2.44. The van der Waals surface area contributed by atoms with Crippen molar-refractivity contribution in [2.75, 3.05) is 0 Å². The van der Waals surface area contributed by atoms with Crippen LogP contribution >= 0.6 is 0 Å². The van der Waals surface area contributed by atoms with E-state index < -0.39 is 0 Å². The second kappa shape index (κ2) is 2.35. The lowest BCUT2D eigenvalue weighted by Crippen LogP contribution is -2.35. The zero-order valence-corrected chi connectivity index (χ0v) is 7.19. The second-order valence-electron chi connectivity index (χ2n) is 4.21. The van der Waals surface area contributed by atoms with Crippen LogP contribution in [0, 0.1) is 23.7 Å². The van der Waals surface area contributed by atoms with Crippen molar-refractivity contribution in [2.24, 2.45) is 23.7 Å². The summed E-state index contributed by atoms with van der Waals surface area (Å²) >= 11 is 0. The van der Waals surface area contributed by atoms with Crippen LogP contribution < -0.4 is 0 Å². The Morgan fingerprint density at radius 1 is 0.667 bits per heavy atom. The Balaban J connectivity index is 2.02. The average Bonchev–Trinajstić information content (AvgIpc) is 2.20. The molecule has 12 heavy (non-hydrogen) atoms. The van der Waals surface area contributed by atoms with Gasteiger partial charge in [-0.1, -0.05) is 36.5 Å². The van der Waals surface area contributed by atoms with Gasteiger partial charge in [-0.05, 0) is 36.5 Å². The fourth-order valence-corrected chi connectivity index (χ4v) is 3.00. The van der Waals surface area contributed by atoms with Gasteiger partial charge in [-0.25, -0.2) is 0 Å². The first-order valence-electron chi connectivity index (χ1n) is 4.98. The monoisotopic (exact) mass is 158 g/mol. The van der Waals surface area contributed by atoms with E-state index in [1.807, 2.05) is 0 Å². The van der Waals surface area contributed by atoms with Gasteiger partial charge in [-0.2, -0.15) is 0 Å². The van der Waals surface area contributed by atoms with Crippen LogP contribution in [-0.2, 0) is 0 Å². The van der Waals surface area contributed by atoms with Gasteiger partial charge >= 0.3 is 0 Å². The molecule has 4 rings (SSSR count). The molecule has 0 nitrogen and oxygen atoms in total. The Hall–Kier alpha value is -0.780. The number of hydrogen-bond donors (Lipinski definition) is 0. The summed E-state index contributed by atoms with van der Waals surface area (Å²) in [6, 6.07) is 0. The van der Waals surface area contributed by atoms with E-state index in [1.54, 1.807) is 0 Å². The molecule has 4 aliphatic carbocycles. The molecule has 0 radical (unpaired) electrons. The minimum atomic E-state index is 0.832. The highest BCUT2D eigenvalue weighted by Crippen LogP contribution is 2.46. The van der Waals surface area contributed by atoms with Gasteiger partial charge in [0.2, 0.25) is 0 Å². The third-order valence-corrected chi connectivity index (χ3v) is 3.65. The Morgan fingerprint density at radius 2 is 1.17 bits per heavy atom. The molecule has 0 aliphatic heterocycles. The van der Waals surface area contributed by atoms with Crippen molar-refractivity contribution in [3.8, 4) is 0 Å². The van der Waals surface area contributed by atoms with Crippen molar-refractivity contribution in [2.45, 2.75) is 12.8 Å². The van der Waals surface area contributed by atoms with E-state index in [-0.39, 0.29) is 0 Å². The molecule has 0 heteroatoms. The van der Waals surface area contributed by atoms with Crippen molar-refractivity contribution < 1.29 is 0 Å². The number of hydrogen-bond acceptors (Lipinski definition) is 0. The normalized spacial score (nSPS) is 48.0. The highest BCUT2D eigenvalue weighted by molar-refractivity contribution is 5.24. The molecule has 0 saturated heterocycles. The first kappa shape index (κ1) is 6.71. The van der Waals surface area contributed by atoms with E-state index in [9.17, 15) is 0 Å². The fraction of sp³-hybridized carbons (Fsp3) is 0.500. The lowest BCUT2D eigenvalue weighted by Gasteiger charge is -2.43. The first-order chi connectivity index (χ1) is 5.95. The van der Waals surface area contributed by atoms with Crippen LogP contribution in [0.5, 0.6) is 0 Å². The molecule has 1 fully saturated rings. The molecule has 0 heterocycles. The summed E-state index contributed by atoms with van der Waals surface area (Å²) in [5.41, 5.74) is 0. The van der Waals surface area contributed by atoms with Gasteiger partial charge in [0.25, 0.3) is 0 Å². The van der Waals surface area contributed by atoms with E-state index in [1.165, 1.54) is 12.8 Å². The van der Waals surface area contributed by atoms with Crippen molar-refractivity contribution in [1.82, 2.24) is 0 Å². The van der Waals surface area contributed by atoms with Crippen LogP contribution in [0.2, 0.25) is 0 Å². The summed E-state index contributed by atoms with van der Waals surface area (Å²) in [6.45, 7) is 0. The largest absolute Gasteiger partial charge is 0.0845 e. The number of rotatable bonds is 0. The molecule has 2 bridgehead atoms. The van der Waals surface area contributed by atoms with Gasteiger partial charge in [-0.15, -0.1) is 0 Å². The minimum absolute atomic E-state index is 0.832. The van der Waals surface area contributed by atoms with Crippen molar-refractivity contribution in [3.05, 3.63) is 36.5 Å². The predicted octanol–water partition coefficient (Wildman–Crippen LogP) is 2.94. The molecule has 0 N–H and O–H groups in total. The van der Waals surface area contributed by atoms with Gasteiger partial charge in [0.05, 0.1) is 0 Å². The van der Waals surface area contributed by atoms with Gasteiger partial charge in [0, 0.05) is 0 Å². The summed E-state index contributed by atoms with van der Waals surface area (Å²) in [5, 5.41) is 0. The third kappa shape index (κ3) is 0.782. The number of allylic oxidation sites excluding steroid dienone is 6. The minimum Gasteiger partial charge on any atom is -0.0845 e. The molecule has 4 aliphatic rings. The Kier molecular flexibility index (Phi) is 1.31. The van der Waals surface area contributed by atoms with Crippen LogP contribution in [0.15, 0.2) is 36.5 Å². The summed E-state index contributed by atoms with van der Waals surface area (Å²) in [7, 11) is 0. The molecular weight excluding hydrogens is 144 g/mol. The van der Waals surface area contributed by atoms with Crippen LogP contribution in [0.1, 0.15) is 12.8 Å².